The highest BCUT2D eigenvalue weighted by Gasteiger charge is 2.27. The van der Waals surface area contributed by atoms with E-state index in [4.69, 9.17) is 21.1 Å². The normalized spacial score (nSPS) is 14.0. The van der Waals surface area contributed by atoms with Gasteiger partial charge in [0.1, 0.15) is 5.75 Å². The van der Waals surface area contributed by atoms with Crippen molar-refractivity contribution in [2.45, 2.75) is 0 Å². The van der Waals surface area contributed by atoms with Gasteiger partial charge in [-0.2, -0.15) is 0 Å². The third kappa shape index (κ3) is 3.99. The molecular formula is C20H21ClN2O5. The van der Waals surface area contributed by atoms with Crippen LogP contribution in [0.25, 0.3) is 0 Å². The molecule has 0 atom stereocenters. The maximum Gasteiger partial charge on any atom is 0.257 e. The number of nitrogens with zero attached hydrogens (tertiary/aromatic N) is 2. The van der Waals surface area contributed by atoms with E-state index in [1.54, 1.807) is 28.0 Å². The summed E-state index contributed by atoms with van der Waals surface area (Å²) >= 11 is 5.92. The molecule has 1 heterocycles. The van der Waals surface area contributed by atoms with E-state index >= 15 is 0 Å². The van der Waals surface area contributed by atoms with Gasteiger partial charge in [0, 0.05) is 36.8 Å². The number of hydrogen-bond acceptors (Lipinski definition) is 5. The molecule has 2 amide bonds. The molecule has 7 nitrogen and oxygen atoms in total. The molecule has 0 aromatic heterocycles. The Kier molecular flexibility index (Phi) is 5.94. The summed E-state index contributed by atoms with van der Waals surface area (Å²) in [7, 11) is 3.05. The van der Waals surface area contributed by atoms with Crippen LogP contribution in [0.2, 0.25) is 5.02 Å². The average molecular weight is 405 g/mol. The fourth-order valence-electron chi connectivity index (χ4n) is 3.11. The van der Waals surface area contributed by atoms with Gasteiger partial charge >= 0.3 is 0 Å². The first kappa shape index (κ1) is 19.8. The average Bonchev–Trinajstić information content (AvgIpc) is 2.74. The maximum absolute atomic E-state index is 12.8. The van der Waals surface area contributed by atoms with E-state index in [-0.39, 0.29) is 23.1 Å². The summed E-state index contributed by atoms with van der Waals surface area (Å²) in [5.74, 6) is 0.476. The Morgan fingerprint density at radius 1 is 0.893 bits per heavy atom. The number of benzene rings is 2. The summed E-state index contributed by atoms with van der Waals surface area (Å²) in [4.78, 5) is 28.7. The summed E-state index contributed by atoms with van der Waals surface area (Å²) in [5.41, 5.74) is 0.650. The lowest BCUT2D eigenvalue weighted by molar-refractivity contribution is 0.0533. The van der Waals surface area contributed by atoms with E-state index in [0.717, 1.165) is 0 Å². The minimum Gasteiger partial charge on any atom is -0.507 e. The third-order valence-electron chi connectivity index (χ3n) is 4.67. The van der Waals surface area contributed by atoms with Crippen molar-refractivity contribution in [1.29, 1.82) is 0 Å². The third-order valence-corrected chi connectivity index (χ3v) is 4.91. The predicted octanol–water partition coefficient (Wildman–Crippen LogP) is 2.66. The lowest BCUT2D eigenvalue weighted by atomic mass is 10.1. The van der Waals surface area contributed by atoms with Crippen LogP contribution < -0.4 is 9.47 Å². The maximum atomic E-state index is 12.8. The molecule has 1 aliphatic rings. The first-order valence-corrected chi connectivity index (χ1v) is 9.11. The lowest BCUT2D eigenvalue weighted by Crippen LogP contribution is -2.50. The van der Waals surface area contributed by atoms with Crippen LogP contribution in [0.15, 0.2) is 36.4 Å². The van der Waals surface area contributed by atoms with Gasteiger partial charge < -0.3 is 24.4 Å². The molecule has 2 aromatic carbocycles. The molecule has 1 saturated heterocycles. The topological polar surface area (TPSA) is 79.3 Å². The van der Waals surface area contributed by atoms with Gasteiger partial charge in [0.15, 0.2) is 11.5 Å². The summed E-state index contributed by atoms with van der Waals surface area (Å²) in [6, 6.07) is 9.38. The molecule has 0 saturated carbocycles. The molecule has 1 fully saturated rings. The molecule has 0 unspecified atom stereocenters. The number of ether oxygens (including phenoxy) is 2. The second-order valence-corrected chi connectivity index (χ2v) is 6.75. The van der Waals surface area contributed by atoms with Gasteiger partial charge in [0.25, 0.3) is 11.8 Å². The Morgan fingerprint density at radius 3 is 2.11 bits per heavy atom. The first-order valence-electron chi connectivity index (χ1n) is 8.73. The van der Waals surface area contributed by atoms with Crippen LogP contribution in [0.4, 0.5) is 0 Å². The SMILES string of the molecule is COc1ccc(C(=O)N2CCN(C(=O)c3cc(Cl)ccc3O)CC2)cc1OC. The Balaban J connectivity index is 1.67. The summed E-state index contributed by atoms with van der Waals surface area (Å²) in [5, 5.41) is 10.3. The van der Waals surface area contributed by atoms with Crippen molar-refractivity contribution in [3.63, 3.8) is 0 Å². The predicted molar refractivity (Wildman–Crippen MR) is 104 cm³/mol. The highest BCUT2D eigenvalue weighted by atomic mass is 35.5. The first-order chi connectivity index (χ1) is 13.4. The molecule has 0 bridgehead atoms. The van der Waals surface area contributed by atoms with Gasteiger partial charge in [-0.1, -0.05) is 11.6 Å². The van der Waals surface area contributed by atoms with Crippen LogP contribution in [-0.4, -0.2) is 67.1 Å². The van der Waals surface area contributed by atoms with Crippen molar-refractivity contribution >= 4 is 23.4 Å². The Bertz CT molecular complexity index is 894. The zero-order valence-corrected chi connectivity index (χ0v) is 16.4. The van der Waals surface area contributed by atoms with E-state index < -0.39 is 0 Å². The van der Waals surface area contributed by atoms with Gasteiger partial charge in [-0.25, -0.2) is 0 Å². The van der Waals surface area contributed by atoms with Gasteiger partial charge in [0.2, 0.25) is 0 Å². The molecule has 0 spiro atoms. The highest BCUT2D eigenvalue weighted by Crippen LogP contribution is 2.28. The zero-order chi connectivity index (χ0) is 20.3. The van der Waals surface area contributed by atoms with Crippen LogP contribution in [0.3, 0.4) is 0 Å². The molecule has 8 heteroatoms. The molecular weight excluding hydrogens is 384 g/mol. The largest absolute Gasteiger partial charge is 0.507 e. The summed E-state index contributed by atoms with van der Waals surface area (Å²) in [6.07, 6.45) is 0. The number of aromatic hydroxyl groups is 1. The molecule has 1 aliphatic heterocycles. The highest BCUT2D eigenvalue weighted by molar-refractivity contribution is 6.31. The number of carbonyl (C=O) groups is 2. The van der Waals surface area contributed by atoms with E-state index in [2.05, 4.69) is 0 Å². The standard InChI is InChI=1S/C20H21ClN2O5/c1-27-17-6-3-13(11-18(17)28-2)19(25)22-7-9-23(10-8-22)20(26)15-12-14(21)4-5-16(15)24/h3-6,11-12,24H,7-10H2,1-2H3. The molecule has 3 rings (SSSR count). The Morgan fingerprint density at radius 2 is 1.50 bits per heavy atom. The van der Waals surface area contributed by atoms with Gasteiger partial charge in [0.05, 0.1) is 19.8 Å². The number of amides is 2. The number of rotatable bonds is 4. The molecule has 1 N–H and O–H groups in total. The van der Waals surface area contributed by atoms with Gasteiger partial charge in [-0.15, -0.1) is 0 Å². The van der Waals surface area contributed by atoms with E-state index in [0.29, 0.717) is 48.3 Å². The molecule has 0 radical (unpaired) electrons. The van der Waals surface area contributed by atoms with Crippen LogP contribution in [0.1, 0.15) is 20.7 Å². The number of halogens is 1. The Hall–Kier alpha value is -2.93. The van der Waals surface area contributed by atoms with Crippen molar-refractivity contribution in [3.8, 4) is 17.2 Å². The van der Waals surface area contributed by atoms with Crippen LogP contribution in [0.5, 0.6) is 17.2 Å². The quantitative estimate of drug-likeness (QED) is 0.847. The fraction of sp³-hybridized carbons (Fsp3) is 0.300. The van der Waals surface area contributed by atoms with Crippen LogP contribution in [-0.2, 0) is 0 Å². The molecule has 0 aliphatic carbocycles. The van der Waals surface area contributed by atoms with E-state index in [1.807, 2.05) is 0 Å². The lowest BCUT2D eigenvalue weighted by Gasteiger charge is -2.35. The minimum absolute atomic E-state index is 0.113. The number of phenolic OH excluding ortho intramolecular Hbond substituents is 1. The molecule has 2 aromatic rings. The summed E-state index contributed by atoms with van der Waals surface area (Å²) < 4.78 is 10.4. The second kappa shape index (κ2) is 8.39. The van der Waals surface area contributed by atoms with Crippen LogP contribution in [0, 0.1) is 0 Å². The number of piperazine rings is 1. The molecule has 148 valence electrons. The fourth-order valence-corrected chi connectivity index (χ4v) is 3.29. The van der Waals surface area contributed by atoms with Crippen molar-refractivity contribution < 1.29 is 24.2 Å². The summed E-state index contributed by atoms with van der Waals surface area (Å²) in [6.45, 7) is 1.51. The molecule has 28 heavy (non-hydrogen) atoms. The number of carbonyl (C=O) groups excluding carboxylic acids is 2. The number of methoxy groups -OCH3 is 2. The van der Waals surface area contributed by atoms with Crippen molar-refractivity contribution in [2.75, 3.05) is 40.4 Å². The van der Waals surface area contributed by atoms with Crippen molar-refractivity contribution in [3.05, 3.63) is 52.5 Å². The van der Waals surface area contributed by atoms with Gasteiger partial charge in [-0.3, -0.25) is 9.59 Å². The van der Waals surface area contributed by atoms with Crippen molar-refractivity contribution in [2.24, 2.45) is 0 Å². The van der Waals surface area contributed by atoms with E-state index in [9.17, 15) is 14.7 Å². The number of phenols is 1. The Labute approximate surface area is 168 Å². The monoisotopic (exact) mass is 404 g/mol. The second-order valence-electron chi connectivity index (χ2n) is 6.32. The van der Waals surface area contributed by atoms with Gasteiger partial charge in [-0.05, 0) is 36.4 Å². The van der Waals surface area contributed by atoms with E-state index in [1.165, 1.54) is 32.4 Å². The zero-order valence-electron chi connectivity index (χ0n) is 15.6. The number of hydrogen-bond donors (Lipinski definition) is 1. The van der Waals surface area contributed by atoms with Crippen LogP contribution >= 0.6 is 11.6 Å². The smallest absolute Gasteiger partial charge is 0.257 e. The van der Waals surface area contributed by atoms with Crippen molar-refractivity contribution in [1.82, 2.24) is 9.80 Å². The minimum atomic E-state index is -0.307.